The zero-order valence-corrected chi connectivity index (χ0v) is 23.9. The van der Waals surface area contributed by atoms with E-state index >= 15 is 0 Å². The Morgan fingerprint density at radius 2 is 0.773 bits per heavy atom. The van der Waals surface area contributed by atoms with Gasteiger partial charge in [-0.2, -0.15) is 0 Å². The number of nitrogens with zero attached hydrogens (tertiary/aromatic N) is 2. The maximum absolute atomic E-state index is 2.46. The number of anilines is 3. The lowest BCUT2D eigenvalue weighted by molar-refractivity contribution is 1.17. The lowest BCUT2D eigenvalue weighted by atomic mass is 9.93. The maximum Gasteiger partial charge on any atom is 0.0548 e. The molecule has 0 saturated carbocycles. The molecule has 0 atom stereocenters. The molecule has 0 radical (unpaired) electrons. The predicted molar refractivity (Wildman–Crippen MR) is 187 cm³/mol. The fourth-order valence-electron chi connectivity index (χ4n) is 7.64. The Morgan fingerprint density at radius 3 is 1.34 bits per heavy atom. The van der Waals surface area contributed by atoms with Crippen LogP contribution < -0.4 is 4.90 Å². The molecule has 204 valence electrons. The summed E-state index contributed by atoms with van der Waals surface area (Å²) in [6.45, 7) is 0. The second-order valence-corrected chi connectivity index (χ2v) is 11.7. The number of hydrogen-bond acceptors (Lipinski definition) is 1. The van der Waals surface area contributed by atoms with Gasteiger partial charge < -0.3 is 9.47 Å². The number of benzene rings is 8. The molecule has 0 N–H and O–H groups in total. The van der Waals surface area contributed by atoms with Gasteiger partial charge in [0, 0.05) is 38.9 Å². The Bertz CT molecular complexity index is 2540. The molecule has 0 saturated heterocycles. The highest BCUT2D eigenvalue weighted by molar-refractivity contribution is 6.38. The van der Waals surface area contributed by atoms with Gasteiger partial charge in [0.1, 0.15) is 0 Å². The molecule has 2 heteroatoms. The first-order chi connectivity index (χ1) is 21.8. The van der Waals surface area contributed by atoms with E-state index in [1.54, 1.807) is 0 Å². The zero-order chi connectivity index (χ0) is 28.8. The van der Waals surface area contributed by atoms with E-state index in [4.69, 9.17) is 0 Å². The van der Waals surface area contributed by atoms with Crippen molar-refractivity contribution in [2.45, 2.75) is 0 Å². The summed E-state index contributed by atoms with van der Waals surface area (Å²) in [5.74, 6) is 0. The van der Waals surface area contributed by atoms with Gasteiger partial charge in [-0.1, -0.05) is 97.1 Å². The average Bonchev–Trinajstić information content (AvgIpc) is 3.37. The normalized spacial score (nSPS) is 12.1. The van der Waals surface area contributed by atoms with Crippen LogP contribution in [0.15, 0.2) is 158 Å². The van der Waals surface area contributed by atoms with Crippen LogP contribution in [0.2, 0.25) is 0 Å². The van der Waals surface area contributed by atoms with Crippen molar-refractivity contribution in [3.63, 3.8) is 0 Å². The van der Waals surface area contributed by atoms with Gasteiger partial charge in [-0.05, 0) is 98.7 Å². The van der Waals surface area contributed by atoms with Crippen LogP contribution in [-0.4, -0.2) is 4.57 Å². The minimum atomic E-state index is 1.13. The van der Waals surface area contributed by atoms with Crippen LogP contribution in [0.5, 0.6) is 0 Å². The molecule has 0 amide bonds. The summed E-state index contributed by atoms with van der Waals surface area (Å²) in [4.78, 5) is 2.31. The third kappa shape index (κ3) is 3.14. The Hall–Kier alpha value is -5.86. The highest BCUT2D eigenvalue weighted by Crippen LogP contribution is 2.49. The van der Waals surface area contributed by atoms with Crippen LogP contribution >= 0.6 is 0 Å². The van der Waals surface area contributed by atoms with Crippen LogP contribution in [0.25, 0.3) is 70.9 Å². The molecule has 1 heterocycles. The van der Waals surface area contributed by atoms with Crippen molar-refractivity contribution < 1.29 is 0 Å². The van der Waals surface area contributed by atoms with Gasteiger partial charge in [-0.3, -0.25) is 0 Å². The second-order valence-electron chi connectivity index (χ2n) is 11.7. The average molecular weight is 559 g/mol. The minimum absolute atomic E-state index is 1.13. The molecule has 1 aliphatic carbocycles. The summed E-state index contributed by atoms with van der Waals surface area (Å²) in [6, 6.07) is 57.6. The highest BCUT2D eigenvalue weighted by atomic mass is 15.1. The van der Waals surface area contributed by atoms with E-state index < -0.39 is 0 Å². The Balaban J connectivity index is 1.28. The molecule has 2 nitrogen and oxygen atoms in total. The van der Waals surface area contributed by atoms with Gasteiger partial charge in [0.25, 0.3) is 0 Å². The van der Waals surface area contributed by atoms with Crippen molar-refractivity contribution in [2.75, 3.05) is 4.90 Å². The quantitative estimate of drug-likeness (QED) is 0.195. The molecule has 1 aromatic heterocycles. The van der Waals surface area contributed by atoms with Crippen molar-refractivity contribution in [3.05, 3.63) is 158 Å². The monoisotopic (exact) mass is 558 g/mol. The minimum Gasteiger partial charge on any atom is -0.311 e. The van der Waals surface area contributed by atoms with E-state index in [2.05, 4.69) is 167 Å². The van der Waals surface area contributed by atoms with Gasteiger partial charge in [-0.15, -0.1) is 0 Å². The number of hydrogen-bond donors (Lipinski definition) is 0. The number of rotatable bonds is 4. The van der Waals surface area contributed by atoms with Crippen molar-refractivity contribution in [3.8, 4) is 16.8 Å². The summed E-state index contributed by atoms with van der Waals surface area (Å²) < 4.78 is 2.46. The first kappa shape index (κ1) is 23.7. The van der Waals surface area contributed by atoms with Crippen LogP contribution in [0.4, 0.5) is 17.1 Å². The van der Waals surface area contributed by atoms with E-state index in [-0.39, 0.29) is 0 Å². The molecular formula is C42H26N2. The third-order valence-electron chi connectivity index (χ3n) is 9.45. The fraction of sp³-hybridized carbons (Fsp3) is 0. The Kier molecular flexibility index (Phi) is 4.75. The van der Waals surface area contributed by atoms with E-state index in [1.807, 2.05) is 0 Å². The molecule has 1 aliphatic rings. The SMILES string of the molecule is c1ccc(N(c2ccccc2)c2ccc(-n3c4ccc5cccc6c5c4c4c5c(ccc7cccc-6c75)ccc43)cc2)cc1. The molecule has 44 heavy (non-hydrogen) atoms. The molecule has 0 spiro atoms. The Morgan fingerprint density at radius 1 is 0.318 bits per heavy atom. The van der Waals surface area contributed by atoms with Gasteiger partial charge in [0.05, 0.1) is 11.0 Å². The fourth-order valence-corrected chi connectivity index (χ4v) is 7.64. The standard InChI is InChI=1S/C42H26N2/c1-3-11-30(12-4-1)43(31-13-5-2-6-14-31)32-21-23-33(24-22-32)44-36-25-19-28-10-8-16-35-34-15-7-9-27-17-18-29-20-26-37(44)42(40(29)38(27)34)41(36)39(28)35/h1-26H. The van der Waals surface area contributed by atoms with Gasteiger partial charge in [0.15, 0.2) is 0 Å². The van der Waals surface area contributed by atoms with Crippen LogP contribution in [0.3, 0.4) is 0 Å². The summed E-state index contributed by atoms with van der Waals surface area (Å²) >= 11 is 0. The topological polar surface area (TPSA) is 8.17 Å². The predicted octanol–water partition coefficient (Wildman–Crippen LogP) is 11.7. The van der Waals surface area contributed by atoms with Crippen molar-refractivity contribution >= 4 is 71.2 Å². The smallest absolute Gasteiger partial charge is 0.0548 e. The lowest BCUT2D eigenvalue weighted by Gasteiger charge is -2.25. The summed E-state index contributed by atoms with van der Waals surface area (Å²) in [5, 5.41) is 10.6. The van der Waals surface area contributed by atoms with E-state index in [0.717, 1.165) is 22.7 Å². The first-order valence-electron chi connectivity index (χ1n) is 15.2. The highest BCUT2D eigenvalue weighted by Gasteiger charge is 2.24. The molecule has 9 aromatic rings. The van der Waals surface area contributed by atoms with Gasteiger partial charge >= 0.3 is 0 Å². The molecule has 0 aliphatic heterocycles. The number of aromatic nitrogens is 1. The van der Waals surface area contributed by atoms with E-state index in [1.165, 1.54) is 65.3 Å². The molecule has 0 unspecified atom stereocenters. The molecule has 0 fully saturated rings. The van der Waals surface area contributed by atoms with Crippen LogP contribution in [0.1, 0.15) is 0 Å². The van der Waals surface area contributed by atoms with Gasteiger partial charge in [-0.25, -0.2) is 0 Å². The summed E-state index contributed by atoms with van der Waals surface area (Å²) in [7, 11) is 0. The van der Waals surface area contributed by atoms with E-state index in [0.29, 0.717) is 0 Å². The van der Waals surface area contributed by atoms with Crippen molar-refractivity contribution in [1.29, 1.82) is 0 Å². The Labute approximate surface area is 254 Å². The van der Waals surface area contributed by atoms with Crippen LogP contribution in [0, 0.1) is 0 Å². The summed E-state index contributed by atoms with van der Waals surface area (Å²) in [5.41, 5.74) is 9.69. The van der Waals surface area contributed by atoms with E-state index in [9.17, 15) is 0 Å². The summed E-state index contributed by atoms with van der Waals surface area (Å²) in [6.07, 6.45) is 0. The molecule has 10 rings (SSSR count). The lowest BCUT2D eigenvalue weighted by Crippen LogP contribution is -2.09. The molecule has 8 aromatic carbocycles. The maximum atomic E-state index is 2.46. The van der Waals surface area contributed by atoms with Crippen LogP contribution in [-0.2, 0) is 0 Å². The first-order valence-corrected chi connectivity index (χ1v) is 15.2. The largest absolute Gasteiger partial charge is 0.311 e. The van der Waals surface area contributed by atoms with Crippen molar-refractivity contribution in [2.24, 2.45) is 0 Å². The second kappa shape index (κ2) is 8.82. The molecular weight excluding hydrogens is 532 g/mol. The van der Waals surface area contributed by atoms with Crippen molar-refractivity contribution in [1.82, 2.24) is 4.57 Å². The zero-order valence-electron chi connectivity index (χ0n) is 23.9. The number of fused-ring (bicyclic) bond motifs is 1. The molecule has 0 bridgehead atoms. The van der Waals surface area contributed by atoms with Gasteiger partial charge in [0.2, 0.25) is 0 Å². The number of para-hydroxylation sites is 2. The third-order valence-corrected chi connectivity index (χ3v) is 9.45.